The van der Waals surface area contributed by atoms with E-state index in [1.54, 1.807) is 0 Å². The number of nitrogens with one attached hydrogen (secondary N) is 2. The number of hydrazine groups is 1. The maximum absolute atomic E-state index is 5.93. The predicted molar refractivity (Wildman–Crippen MR) is 81.5 cm³/mol. The van der Waals surface area contributed by atoms with Crippen LogP contribution in [0.5, 0.6) is 0 Å². The summed E-state index contributed by atoms with van der Waals surface area (Å²) in [6, 6.07) is 17.9. The lowest BCUT2D eigenvalue weighted by atomic mass is 10.2. The van der Waals surface area contributed by atoms with Gasteiger partial charge in [-0.1, -0.05) is 42.5 Å². The van der Waals surface area contributed by atoms with Gasteiger partial charge in [0.2, 0.25) is 5.28 Å². The molecule has 0 saturated carbocycles. The average Bonchev–Trinajstić information content (AvgIpc) is 2.48. The number of nitrogens with zero attached hydrogens (tertiary/aromatic N) is 2. The molecule has 0 bridgehead atoms. The molecular formula is C15H13ClN4. The minimum absolute atomic E-state index is 0.229. The van der Waals surface area contributed by atoms with E-state index in [9.17, 15) is 0 Å². The Balaban J connectivity index is 1.77. The predicted octanol–water partition coefficient (Wildman–Crippen LogP) is 3.40. The minimum Gasteiger partial charge on any atom is -0.305 e. The fourth-order valence-electron chi connectivity index (χ4n) is 1.97. The molecule has 2 N–H and O–H groups in total. The standard InChI is InChI=1S/C15H13ClN4/c16-15-18-13-9-5-4-8-12(13)14(19-15)20-17-10-11-6-2-1-3-7-11/h1-9,17H,10H2,(H,18,19,20). The Labute approximate surface area is 121 Å². The molecule has 1 aromatic heterocycles. The fourth-order valence-corrected chi connectivity index (χ4v) is 2.14. The third kappa shape index (κ3) is 2.87. The fraction of sp³-hybridized carbons (Fsp3) is 0.0667. The van der Waals surface area contributed by atoms with Gasteiger partial charge < -0.3 is 5.43 Å². The Hall–Kier alpha value is -2.17. The molecule has 1 heterocycles. The van der Waals surface area contributed by atoms with E-state index in [-0.39, 0.29) is 5.28 Å². The highest BCUT2D eigenvalue weighted by Crippen LogP contribution is 2.20. The van der Waals surface area contributed by atoms with Crippen LogP contribution in [-0.4, -0.2) is 9.97 Å². The zero-order chi connectivity index (χ0) is 13.8. The Morgan fingerprint density at radius 1 is 0.900 bits per heavy atom. The summed E-state index contributed by atoms with van der Waals surface area (Å²) >= 11 is 5.93. The summed E-state index contributed by atoms with van der Waals surface area (Å²) in [5.41, 5.74) is 8.23. The normalized spacial score (nSPS) is 10.7. The van der Waals surface area contributed by atoms with Crippen molar-refractivity contribution < 1.29 is 0 Å². The van der Waals surface area contributed by atoms with Gasteiger partial charge in [0.1, 0.15) is 0 Å². The van der Waals surface area contributed by atoms with Gasteiger partial charge in [0.25, 0.3) is 0 Å². The van der Waals surface area contributed by atoms with Crippen molar-refractivity contribution in [2.24, 2.45) is 0 Å². The highest BCUT2D eigenvalue weighted by molar-refractivity contribution is 6.28. The molecule has 0 spiro atoms. The average molecular weight is 285 g/mol. The number of anilines is 1. The van der Waals surface area contributed by atoms with E-state index < -0.39 is 0 Å². The largest absolute Gasteiger partial charge is 0.305 e. The van der Waals surface area contributed by atoms with E-state index in [1.807, 2.05) is 42.5 Å². The summed E-state index contributed by atoms with van der Waals surface area (Å²) in [5, 5.41) is 1.16. The summed E-state index contributed by atoms with van der Waals surface area (Å²) in [6.07, 6.45) is 0. The van der Waals surface area contributed by atoms with Gasteiger partial charge in [-0.25, -0.2) is 10.4 Å². The molecule has 4 nitrogen and oxygen atoms in total. The van der Waals surface area contributed by atoms with E-state index in [0.29, 0.717) is 12.4 Å². The molecule has 0 saturated heterocycles. The summed E-state index contributed by atoms with van der Waals surface area (Å²) in [4.78, 5) is 8.40. The Morgan fingerprint density at radius 3 is 2.50 bits per heavy atom. The SMILES string of the molecule is Clc1nc(NNCc2ccccc2)c2ccccc2n1. The number of para-hydroxylation sites is 1. The Morgan fingerprint density at radius 2 is 1.65 bits per heavy atom. The molecule has 2 aromatic carbocycles. The topological polar surface area (TPSA) is 49.8 Å². The summed E-state index contributed by atoms with van der Waals surface area (Å²) < 4.78 is 0. The molecule has 20 heavy (non-hydrogen) atoms. The van der Waals surface area contributed by atoms with Crippen molar-refractivity contribution in [3.05, 3.63) is 65.4 Å². The van der Waals surface area contributed by atoms with Crippen LogP contribution in [0.1, 0.15) is 5.56 Å². The van der Waals surface area contributed by atoms with Gasteiger partial charge >= 0.3 is 0 Å². The van der Waals surface area contributed by atoms with Crippen molar-refractivity contribution in [3.8, 4) is 0 Å². The van der Waals surface area contributed by atoms with Crippen molar-refractivity contribution in [2.45, 2.75) is 6.54 Å². The molecule has 0 atom stereocenters. The van der Waals surface area contributed by atoms with Crippen LogP contribution in [-0.2, 0) is 6.54 Å². The van der Waals surface area contributed by atoms with Crippen LogP contribution in [0.3, 0.4) is 0 Å². The van der Waals surface area contributed by atoms with Crippen LogP contribution in [0.15, 0.2) is 54.6 Å². The van der Waals surface area contributed by atoms with Crippen molar-refractivity contribution in [3.63, 3.8) is 0 Å². The van der Waals surface area contributed by atoms with Gasteiger partial charge in [0, 0.05) is 11.9 Å². The summed E-state index contributed by atoms with van der Waals surface area (Å²) in [7, 11) is 0. The highest BCUT2D eigenvalue weighted by Gasteiger charge is 2.05. The zero-order valence-corrected chi connectivity index (χ0v) is 11.4. The second-order valence-electron chi connectivity index (χ2n) is 4.32. The maximum Gasteiger partial charge on any atom is 0.224 e. The molecule has 3 rings (SSSR count). The Kier molecular flexibility index (Phi) is 3.76. The first-order chi connectivity index (χ1) is 9.83. The van der Waals surface area contributed by atoms with E-state index in [1.165, 1.54) is 5.56 Å². The van der Waals surface area contributed by atoms with E-state index in [0.717, 1.165) is 10.9 Å². The van der Waals surface area contributed by atoms with Crippen LogP contribution in [0.2, 0.25) is 5.28 Å². The van der Waals surface area contributed by atoms with Crippen LogP contribution >= 0.6 is 11.6 Å². The smallest absolute Gasteiger partial charge is 0.224 e. The Bertz CT molecular complexity index is 715. The van der Waals surface area contributed by atoms with Gasteiger partial charge in [-0.3, -0.25) is 0 Å². The molecule has 3 aromatic rings. The van der Waals surface area contributed by atoms with E-state index >= 15 is 0 Å². The molecule has 100 valence electrons. The molecule has 0 amide bonds. The zero-order valence-electron chi connectivity index (χ0n) is 10.7. The molecule has 0 fully saturated rings. The number of fused-ring (bicyclic) bond motifs is 1. The molecule has 0 unspecified atom stereocenters. The number of aromatic nitrogens is 2. The number of benzene rings is 2. The van der Waals surface area contributed by atoms with Gasteiger partial charge in [0.15, 0.2) is 5.82 Å². The minimum atomic E-state index is 0.229. The van der Waals surface area contributed by atoms with Gasteiger partial charge in [0.05, 0.1) is 5.52 Å². The van der Waals surface area contributed by atoms with Gasteiger partial charge in [-0.2, -0.15) is 4.98 Å². The lowest BCUT2D eigenvalue weighted by Crippen LogP contribution is -2.22. The second kappa shape index (κ2) is 5.86. The van der Waals surface area contributed by atoms with Crippen molar-refractivity contribution >= 4 is 28.3 Å². The van der Waals surface area contributed by atoms with Crippen molar-refractivity contribution in [2.75, 3.05) is 5.43 Å². The second-order valence-corrected chi connectivity index (χ2v) is 4.66. The first kappa shape index (κ1) is 12.8. The lowest BCUT2D eigenvalue weighted by Gasteiger charge is -2.10. The van der Waals surface area contributed by atoms with Gasteiger partial charge in [-0.05, 0) is 29.3 Å². The van der Waals surface area contributed by atoms with Crippen LogP contribution < -0.4 is 10.9 Å². The number of hydrogen-bond donors (Lipinski definition) is 2. The molecule has 0 aliphatic rings. The number of halogens is 1. The quantitative estimate of drug-likeness (QED) is 0.569. The first-order valence-electron chi connectivity index (χ1n) is 6.28. The monoisotopic (exact) mass is 284 g/mol. The molecule has 0 radical (unpaired) electrons. The number of rotatable bonds is 4. The van der Waals surface area contributed by atoms with Crippen LogP contribution in [0, 0.1) is 0 Å². The van der Waals surface area contributed by atoms with Crippen molar-refractivity contribution in [1.82, 2.24) is 15.4 Å². The van der Waals surface area contributed by atoms with Gasteiger partial charge in [-0.15, -0.1) is 0 Å². The van der Waals surface area contributed by atoms with E-state index in [4.69, 9.17) is 11.6 Å². The summed E-state index contributed by atoms with van der Waals surface area (Å²) in [5.74, 6) is 0.677. The first-order valence-corrected chi connectivity index (χ1v) is 6.66. The van der Waals surface area contributed by atoms with Crippen LogP contribution in [0.25, 0.3) is 10.9 Å². The maximum atomic E-state index is 5.93. The lowest BCUT2D eigenvalue weighted by molar-refractivity contribution is 0.796. The van der Waals surface area contributed by atoms with Crippen molar-refractivity contribution in [1.29, 1.82) is 0 Å². The van der Waals surface area contributed by atoms with E-state index in [2.05, 4.69) is 33.0 Å². The van der Waals surface area contributed by atoms with Crippen LogP contribution in [0.4, 0.5) is 5.82 Å². The third-order valence-electron chi connectivity index (χ3n) is 2.92. The highest BCUT2D eigenvalue weighted by atomic mass is 35.5. The number of hydrogen-bond acceptors (Lipinski definition) is 4. The molecule has 0 aliphatic heterocycles. The molecule has 5 heteroatoms. The third-order valence-corrected chi connectivity index (χ3v) is 3.09. The summed E-state index contributed by atoms with van der Waals surface area (Å²) in [6.45, 7) is 0.691. The molecular weight excluding hydrogens is 272 g/mol. The molecule has 0 aliphatic carbocycles.